The third kappa shape index (κ3) is 3.64. The van der Waals surface area contributed by atoms with Gasteiger partial charge in [-0.2, -0.15) is 5.10 Å². The molecule has 0 saturated carbocycles. The largest absolute Gasteiger partial charge is 0.383 e. The number of methoxy groups -OCH3 is 1. The van der Waals surface area contributed by atoms with E-state index in [0.717, 1.165) is 0 Å². The highest BCUT2D eigenvalue weighted by molar-refractivity contribution is 9.10. The van der Waals surface area contributed by atoms with Crippen molar-refractivity contribution in [3.63, 3.8) is 0 Å². The lowest BCUT2D eigenvalue weighted by atomic mass is 10.2. The predicted octanol–water partition coefficient (Wildman–Crippen LogP) is 2.68. The fraction of sp³-hybridized carbons (Fsp3) is 0.231. The molecule has 1 heterocycles. The number of ether oxygens (including phenoxy) is 1. The summed E-state index contributed by atoms with van der Waals surface area (Å²) in [5.41, 5.74) is 0.939. The molecule has 20 heavy (non-hydrogen) atoms. The third-order valence-electron chi connectivity index (χ3n) is 2.60. The molecule has 0 spiro atoms. The van der Waals surface area contributed by atoms with E-state index in [1.807, 2.05) is 0 Å². The number of carbonyl (C=O) groups excluding carboxylic acids is 1. The summed E-state index contributed by atoms with van der Waals surface area (Å²) in [4.78, 5) is 12.0. The smallest absolute Gasteiger partial charge is 0.255 e. The van der Waals surface area contributed by atoms with Crippen molar-refractivity contribution in [2.45, 2.75) is 6.54 Å². The number of carbonyl (C=O) groups is 1. The standard InChI is InChI=1S/C13H13BrFN3O2/c1-20-5-4-18-8-10(7-16-18)17-13(19)9-2-3-12(15)11(14)6-9/h2-3,6-8H,4-5H2,1H3,(H,17,19). The SMILES string of the molecule is COCCn1cc(NC(=O)c2ccc(F)c(Br)c2)cn1. The number of benzene rings is 1. The lowest BCUT2D eigenvalue weighted by Gasteiger charge is -2.03. The Morgan fingerprint density at radius 1 is 1.55 bits per heavy atom. The van der Waals surface area contributed by atoms with Crippen molar-refractivity contribution >= 4 is 27.5 Å². The van der Waals surface area contributed by atoms with Gasteiger partial charge in [0, 0.05) is 18.9 Å². The molecule has 5 nitrogen and oxygen atoms in total. The predicted molar refractivity (Wildman–Crippen MR) is 76.2 cm³/mol. The first-order chi connectivity index (χ1) is 9.60. The van der Waals surface area contributed by atoms with E-state index in [1.54, 1.807) is 24.2 Å². The van der Waals surface area contributed by atoms with Gasteiger partial charge in [0.05, 0.1) is 29.5 Å². The summed E-state index contributed by atoms with van der Waals surface area (Å²) in [5, 5.41) is 6.78. The molecule has 0 aliphatic carbocycles. The van der Waals surface area contributed by atoms with Gasteiger partial charge in [-0.05, 0) is 34.1 Å². The van der Waals surface area contributed by atoms with Crippen LogP contribution in [0.15, 0.2) is 35.1 Å². The van der Waals surface area contributed by atoms with Crippen LogP contribution < -0.4 is 5.32 Å². The molecule has 0 fully saturated rings. The van der Waals surface area contributed by atoms with Gasteiger partial charge in [0.1, 0.15) is 5.82 Å². The third-order valence-corrected chi connectivity index (χ3v) is 3.21. The van der Waals surface area contributed by atoms with Crippen molar-refractivity contribution < 1.29 is 13.9 Å². The Kier molecular flexibility index (Phi) is 4.86. The summed E-state index contributed by atoms with van der Waals surface area (Å²) in [5.74, 6) is -0.731. The van der Waals surface area contributed by atoms with E-state index in [4.69, 9.17) is 4.74 Å². The molecular formula is C13H13BrFN3O2. The van der Waals surface area contributed by atoms with Crippen LogP contribution >= 0.6 is 15.9 Å². The summed E-state index contributed by atoms with van der Waals surface area (Å²) < 4.78 is 20.0. The molecule has 2 rings (SSSR count). The van der Waals surface area contributed by atoms with Crippen molar-refractivity contribution in [2.75, 3.05) is 19.0 Å². The van der Waals surface area contributed by atoms with Crippen LogP contribution in [0.2, 0.25) is 0 Å². The van der Waals surface area contributed by atoms with E-state index in [9.17, 15) is 9.18 Å². The first kappa shape index (κ1) is 14.7. The number of aromatic nitrogens is 2. The second kappa shape index (κ2) is 6.62. The van der Waals surface area contributed by atoms with Gasteiger partial charge in [-0.1, -0.05) is 0 Å². The summed E-state index contributed by atoms with van der Waals surface area (Å²) in [6.45, 7) is 1.15. The highest BCUT2D eigenvalue weighted by atomic mass is 79.9. The van der Waals surface area contributed by atoms with E-state index >= 15 is 0 Å². The summed E-state index contributed by atoms with van der Waals surface area (Å²) in [7, 11) is 1.61. The van der Waals surface area contributed by atoms with Crippen LogP contribution in [0.25, 0.3) is 0 Å². The van der Waals surface area contributed by atoms with Gasteiger partial charge in [0.15, 0.2) is 0 Å². The molecule has 0 saturated heterocycles. The second-order valence-electron chi connectivity index (χ2n) is 4.07. The van der Waals surface area contributed by atoms with Crippen LogP contribution in [0.4, 0.5) is 10.1 Å². The molecule has 0 bridgehead atoms. The highest BCUT2D eigenvalue weighted by Crippen LogP contribution is 2.17. The Bertz CT molecular complexity index is 615. The topological polar surface area (TPSA) is 56.1 Å². The molecule has 0 atom stereocenters. The van der Waals surface area contributed by atoms with Crippen LogP contribution in [0.3, 0.4) is 0 Å². The van der Waals surface area contributed by atoms with Crippen LogP contribution in [0, 0.1) is 5.82 Å². The molecule has 0 aliphatic heterocycles. The molecule has 0 unspecified atom stereocenters. The number of halogens is 2. The fourth-order valence-corrected chi connectivity index (χ4v) is 1.95. The molecular weight excluding hydrogens is 329 g/mol. The number of nitrogens with one attached hydrogen (secondary N) is 1. The van der Waals surface area contributed by atoms with Gasteiger partial charge in [-0.25, -0.2) is 4.39 Å². The van der Waals surface area contributed by atoms with Crippen molar-refractivity contribution in [2.24, 2.45) is 0 Å². The molecule has 106 valence electrons. The lowest BCUT2D eigenvalue weighted by Crippen LogP contribution is -2.11. The minimum atomic E-state index is -0.408. The molecule has 1 aromatic heterocycles. The van der Waals surface area contributed by atoms with Crippen LogP contribution in [-0.2, 0) is 11.3 Å². The second-order valence-corrected chi connectivity index (χ2v) is 4.92. The van der Waals surface area contributed by atoms with Gasteiger partial charge in [-0.3, -0.25) is 9.48 Å². The van der Waals surface area contributed by atoms with E-state index in [-0.39, 0.29) is 10.4 Å². The quantitative estimate of drug-likeness (QED) is 0.909. The van der Waals surface area contributed by atoms with E-state index in [2.05, 4.69) is 26.3 Å². The Morgan fingerprint density at radius 3 is 3.05 bits per heavy atom. The van der Waals surface area contributed by atoms with Gasteiger partial charge >= 0.3 is 0 Å². The summed E-state index contributed by atoms with van der Waals surface area (Å²) in [6.07, 6.45) is 3.25. The number of hydrogen-bond donors (Lipinski definition) is 1. The van der Waals surface area contributed by atoms with Crippen LogP contribution in [0.1, 0.15) is 10.4 Å². The number of anilines is 1. The zero-order chi connectivity index (χ0) is 14.5. The molecule has 7 heteroatoms. The molecule has 1 N–H and O–H groups in total. The fourth-order valence-electron chi connectivity index (χ4n) is 1.58. The molecule has 1 aromatic carbocycles. The maximum Gasteiger partial charge on any atom is 0.255 e. The number of rotatable bonds is 5. The summed E-state index contributed by atoms with van der Waals surface area (Å²) in [6, 6.07) is 4.09. The van der Waals surface area contributed by atoms with Gasteiger partial charge in [0.2, 0.25) is 0 Å². The monoisotopic (exact) mass is 341 g/mol. The first-order valence-corrected chi connectivity index (χ1v) is 6.67. The number of amides is 1. The van der Waals surface area contributed by atoms with Crippen LogP contribution in [-0.4, -0.2) is 29.4 Å². The molecule has 2 aromatic rings. The minimum absolute atomic E-state index is 0.251. The Balaban J connectivity index is 2.03. The van der Waals surface area contributed by atoms with Crippen LogP contribution in [0.5, 0.6) is 0 Å². The molecule has 0 aliphatic rings. The number of hydrogen-bond acceptors (Lipinski definition) is 3. The maximum atomic E-state index is 13.1. The van der Waals surface area contributed by atoms with Crippen molar-refractivity contribution in [1.82, 2.24) is 9.78 Å². The maximum absolute atomic E-state index is 13.1. The van der Waals surface area contributed by atoms with E-state index in [0.29, 0.717) is 24.4 Å². The Hall–Kier alpha value is -1.73. The molecule has 1 amide bonds. The Labute approximate surface area is 123 Å². The zero-order valence-corrected chi connectivity index (χ0v) is 12.4. The molecule has 0 radical (unpaired) electrons. The minimum Gasteiger partial charge on any atom is -0.383 e. The summed E-state index contributed by atoms with van der Waals surface area (Å²) >= 11 is 3.05. The van der Waals surface area contributed by atoms with Gasteiger partial charge < -0.3 is 10.1 Å². The van der Waals surface area contributed by atoms with Gasteiger partial charge in [-0.15, -0.1) is 0 Å². The average molecular weight is 342 g/mol. The van der Waals surface area contributed by atoms with Crippen molar-refractivity contribution in [1.29, 1.82) is 0 Å². The number of nitrogens with zero attached hydrogens (tertiary/aromatic N) is 2. The normalized spacial score (nSPS) is 10.6. The van der Waals surface area contributed by atoms with Crippen molar-refractivity contribution in [3.8, 4) is 0 Å². The average Bonchev–Trinajstić information content (AvgIpc) is 2.87. The van der Waals surface area contributed by atoms with Crippen molar-refractivity contribution in [3.05, 3.63) is 46.4 Å². The zero-order valence-electron chi connectivity index (χ0n) is 10.8. The van der Waals surface area contributed by atoms with Gasteiger partial charge in [0.25, 0.3) is 5.91 Å². The van der Waals surface area contributed by atoms with E-state index < -0.39 is 5.82 Å². The first-order valence-electron chi connectivity index (χ1n) is 5.88. The Morgan fingerprint density at radius 2 is 2.35 bits per heavy atom. The lowest BCUT2D eigenvalue weighted by molar-refractivity contribution is 0.102. The van der Waals surface area contributed by atoms with E-state index in [1.165, 1.54) is 18.2 Å². The highest BCUT2D eigenvalue weighted by Gasteiger charge is 2.09.